The van der Waals surface area contributed by atoms with Crippen LogP contribution in [0.4, 0.5) is 22.4 Å². The number of rotatable bonds is 5. The van der Waals surface area contributed by atoms with Crippen LogP contribution in [0.15, 0.2) is 30.3 Å². The van der Waals surface area contributed by atoms with Gasteiger partial charge in [-0.15, -0.1) is 0 Å². The van der Waals surface area contributed by atoms with Crippen molar-refractivity contribution in [3.8, 4) is 11.5 Å². The van der Waals surface area contributed by atoms with Crippen molar-refractivity contribution in [3.63, 3.8) is 0 Å². The Balaban J connectivity index is 2.37. The highest BCUT2D eigenvalue weighted by Gasteiger charge is 2.35. The molecule has 0 aromatic heterocycles. The zero-order valence-corrected chi connectivity index (χ0v) is 15.1. The molecule has 0 fully saturated rings. The van der Waals surface area contributed by atoms with Gasteiger partial charge in [-0.2, -0.15) is 13.2 Å². The minimum atomic E-state index is -4.74. The molecule has 0 radical (unpaired) electrons. The molecule has 0 unspecified atom stereocenters. The zero-order chi connectivity index (χ0) is 20.2. The molecule has 146 valence electrons. The summed E-state index contributed by atoms with van der Waals surface area (Å²) in [5.41, 5.74) is -1.08. The molecule has 27 heavy (non-hydrogen) atoms. The molecule has 0 atom stereocenters. The first-order valence-electron chi connectivity index (χ1n) is 7.73. The summed E-state index contributed by atoms with van der Waals surface area (Å²) in [4.78, 5) is 11.3. The van der Waals surface area contributed by atoms with E-state index in [2.05, 4.69) is 4.74 Å². The van der Waals surface area contributed by atoms with Gasteiger partial charge in [-0.25, -0.2) is 9.18 Å². The van der Waals surface area contributed by atoms with E-state index in [0.717, 1.165) is 7.11 Å². The standard InChI is InChI=1S/C18H15ClF4O4/c1-3-10-7-12(18(21,22)23)16(8-14(10)20)26-9-11-13(19)5-4-6-15(11)27-17(24)25-2/h4-8H,3,9H2,1-2H3. The Morgan fingerprint density at radius 2 is 1.89 bits per heavy atom. The Kier molecular flexibility index (Phi) is 6.54. The number of benzene rings is 2. The number of methoxy groups -OCH3 is 1. The lowest BCUT2D eigenvalue weighted by Gasteiger charge is -2.17. The minimum absolute atomic E-state index is 0.0476. The first-order chi connectivity index (χ1) is 12.7. The lowest BCUT2D eigenvalue weighted by molar-refractivity contribution is -0.139. The molecule has 0 aliphatic carbocycles. The van der Waals surface area contributed by atoms with Crippen LogP contribution in [0.3, 0.4) is 0 Å². The number of hydrogen-bond donors (Lipinski definition) is 0. The largest absolute Gasteiger partial charge is 0.513 e. The molecule has 0 N–H and O–H groups in total. The highest BCUT2D eigenvalue weighted by atomic mass is 35.5. The number of hydrogen-bond acceptors (Lipinski definition) is 4. The highest BCUT2D eigenvalue weighted by Crippen LogP contribution is 2.39. The van der Waals surface area contributed by atoms with E-state index in [9.17, 15) is 22.4 Å². The van der Waals surface area contributed by atoms with Crippen LogP contribution in [-0.2, 0) is 23.9 Å². The van der Waals surface area contributed by atoms with E-state index in [-0.39, 0.29) is 28.3 Å². The molecule has 0 saturated heterocycles. The van der Waals surface area contributed by atoms with E-state index in [4.69, 9.17) is 21.1 Å². The third kappa shape index (κ3) is 5.03. The predicted octanol–water partition coefficient (Wildman–Crippen LogP) is 5.78. The van der Waals surface area contributed by atoms with Crippen LogP contribution in [0.5, 0.6) is 11.5 Å². The summed E-state index contributed by atoms with van der Waals surface area (Å²) in [6, 6.07) is 5.67. The minimum Gasteiger partial charge on any atom is -0.488 e. The van der Waals surface area contributed by atoms with Gasteiger partial charge < -0.3 is 14.2 Å². The van der Waals surface area contributed by atoms with Crippen molar-refractivity contribution in [2.45, 2.75) is 26.1 Å². The Morgan fingerprint density at radius 1 is 1.19 bits per heavy atom. The van der Waals surface area contributed by atoms with Crippen molar-refractivity contribution in [3.05, 3.63) is 57.9 Å². The molecule has 2 rings (SSSR count). The monoisotopic (exact) mass is 406 g/mol. The van der Waals surface area contributed by atoms with E-state index in [1.54, 1.807) is 6.92 Å². The molecule has 2 aromatic carbocycles. The van der Waals surface area contributed by atoms with E-state index in [1.807, 2.05) is 0 Å². The number of alkyl halides is 3. The van der Waals surface area contributed by atoms with Gasteiger partial charge in [-0.05, 0) is 30.2 Å². The van der Waals surface area contributed by atoms with Crippen molar-refractivity contribution >= 4 is 17.8 Å². The van der Waals surface area contributed by atoms with Crippen molar-refractivity contribution in [1.29, 1.82) is 0 Å². The normalized spacial score (nSPS) is 11.2. The summed E-state index contributed by atoms with van der Waals surface area (Å²) in [6.07, 6.45) is -5.68. The summed E-state index contributed by atoms with van der Waals surface area (Å²) >= 11 is 6.02. The molecule has 9 heteroatoms. The van der Waals surface area contributed by atoms with Gasteiger partial charge in [0.1, 0.15) is 23.9 Å². The molecule has 2 aromatic rings. The topological polar surface area (TPSA) is 44.8 Å². The maximum absolute atomic E-state index is 14.0. The Labute approximate surface area is 157 Å². The maximum atomic E-state index is 14.0. The summed E-state index contributed by atoms with van der Waals surface area (Å²) in [5.74, 6) is -1.56. The second-order valence-corrected chi connectivity index (χ2v) is 5.76. The molecule has 0 bridgehead atoms. The van der Waals surface area contributed by atoms with Gasteiger partial charge in [-0.3, -0.25) is 0 Å². The van der Waals surface area contributed by atoms with Crippen molar-refractivity contribution < 1.29 is 36.6 Å². The first-order valence-corrected chi connectivity index (χ1v) is 8.10. The molecule has 0 saturated carbocycles. The van der Waals surface area contributed by atoms with Crippen LogP contribution in [0.2, 0.25) is 5.02 Å². The molecule has 0 aliphatic rings. The lowest BCUT2D eigenvalue weighted by atomic mass is 10.1. The van der Waals surface area contributed by atoms with Gasteiger partial charge in [0.25, 0.3) is 0 Å². The Bertz CT molecular complexity index is 837. The van der Waals surface area contributed by atoms with Crippen LogP contribution < -0.4 is 9.47 Å². The molecule has 4 nitrogen and oxygen atoms in total. The summed E-state index contributed by atoms with van der Waals surface area (Å²) in [5, 5.41) is 0.0932. The smallest absolute Gasteiger partial charge is 0.488 e. The van der Waals surface area contributed by atoms with Crippen LogP contribution in [0, 0.1) is 5.82 Å². The Hall–Kier alpha value is -2.48. The summed E-state index contributed by atoms with van der Waals surface area (Å²) in [6.45, 7) is 1.05. The molecular formula is C18H15ClF4O4. The number of carbonyl (C=O) groups is 1. The van der Waals surface area contributed by atoms with Crippen LogP contribution in [0.1, 0.15) is 23.6 Å². The lowest BCUT2D eigenvalue weighted by Crippen LogP contribution is -2.12. The molecule has 0 spiro atoms. The van der Waals surface area contributed by atoms with Crippen LogP contribution in [-0.4, -0.2) is 13.3 Å². The molecule has 0 amide bonds. The van der Waals surface area contributed by atoms with E-state index >= 15 is 0 Å². The van der Waals surface area contributed by atoms with Crippen LogP contribution >= 0.6 is 11.6 Å². The van der Waals surface area contributed by atoms with E-state index in [0.29, 0.717) is 12.1 Å². The molecular weight excluding hydrogens is 392 g/mol. The fourth-order valence-electron chi connectivity index (χ4n) is 2.27. The molecule has 0 aliphatic heterocycles. The fraction of sp³-hybridized carbons (Fsp3) is 0.278. The highest BCUT2D eigenvalue weighted by molar-refractivity contribution is 6.31. The van der Waals surface area contributed by atoms with E-state index in [1.165, 1.54) is 18.2 Å². The van der Waals surface area contributed by atoms with Crippen molar-refractivity contribution in [1.82, 2.24) is 0 Å². The number of carbonyl (C=O) groups excluding carboxylic acids is 1. The maximum Gasteiger partial charge on any atom is 0.513 e. The fourth-order valence-corrected chi connectivity index (χ4v) is 2.49. The number of aryl methyl sites for hydroxylation is 1. The second kappa shape index (κ2) is 8.47. The van der Waals surface area contributed by atoms with Gasteiger partial charge >= 0.3 is 12.3 Å². The van der Waals surface area contributed by atoms with Crippen molar-refractivity contribution in [2.24, 2.45) is 0 Å². The second-order valence-electron chi connectivity index (χ2n) is 5.35. The predicted molar refractivity (Wildman–Crippen MR) is 89.6 cm³/mol. The van der Waals surface area contributed by atoms with Gasteiger partial charge in [-0.1, -0.05) is 24.6 Å². The van der Waals surface area contributed by atoms with E-state index < -0.39 is 36.1 Å². The quantitative estimate of drug-likeness (QED) is 0.358. The van der Waals surface area contributed by atoms with Gasteiger partial charge in [0, 0.05) is 6.07 Å². The first kappa shape index (κ1) is 20.8. The van der Waals surface area contributed by atoms with Crippen molar-refractivity contribution in [2.75, 3.05) is 7.11 Å². The van der Waals surface area contributed by atoms with Gasteiger partial charge in [0.2, 0.25) is 0 Å². The van der Waals surface area contributed by atoms with Gasteiger partial charge in [0.05, 0.1) is 23.3 Å². The Morgan fingerprint density at radius 3 is 2.48 bits per heavy atom. The average Bonchev–Trinajstić information content (AvgIpc) is 2.60. The number of halogens is 5. The molecule has 0 heterocycles. The average molecular weight is 407 g/mol. The number of ether oxygens (including phenoxy) is 3. The van der Waals surface area contributed by atoms with Crippen LogP contribution in [0.25, 0.3) is 0 Å². The summed E-state index contributed by atoms with van der Waals surface area (Å²) in [7, 11) is 1.09. The SMILES string of the molecule is CCc1cc(C(F)(F)F)c(OCc2c(Cl)cccc2OC(=O)OC)cc1F. The third-order valence-electron chi connectivity index (χ3n) is 3.64. The third-order valence-corrected chi connectivity index (χ3v) is 4.00. The zero-order valence-electron chi connectivity index (χ0n) is 14.3. The van der Waals surface area contributed by atoms with Gasteiger partial charge in [0.15, 0.2) is 0 Å². The summed E-state index contributed by atoms with van der Waals surface area (Å²) < 4.78 is 68.3.